The normalized spacial score (nSPS) is 17.7. The lowest BCUT2D eigenvalue weighted by atomic mass is 10.2. The maximum Gasteiger partial charge on any atom is 0.0574 e. The lowest BCUT2D eigenvalue weighted by molar-refractivity contribution is 0.192. The molecule has 0 spiro atoms. The monoisotopic (exact) mass is 208 g/mol. The molecule has 1 fully saturated rings. The van der Waals surface area contributed by atoms with E-state index < -0.39 is 0 Å². The van der Waals surface area contributed by atoms with Gasteiger partial charge in [0.15, 0.2) is 0 Å². The number of terminal acetylenes is 1. The van der Waals surface area contributed by atoms with Crippen LogP contribution in [0.1, 0.15) is 39.5 Å². The molecule has 1 saturated carbocycles. The van der Waals surface area contributed by atoms with Crippen molar-refractivity contribution in [2.75, 3.05) is 19.6 Å². The van der Waals surface area contributed by atoms with Gasteiger partial charge in [0.2, 0.25) is 0 Å². The van der Waals surface area contributed by atoms with Crippen molar-refractivity contribution in [3.8, 4) is 12.3 Å². The fraction of sp³-hybridized carbons (Fsp3) is 0.846. The second kappa shape index (κ2) is 6.87. The molecule has 0 aromatic carbocycles. The van der Waals surface area contributed by atoms with Gasteiger partial charge in [-0.2, -0.15) is 0 Å². The fourth-order valence-corrected chi connectivity index (χ4v) is 1.98. The van der Waals surface area contributed by atoms with Gasteiger partial charge in [0, 0.05) is 18.6 Å². The van der Waals surface area contributed by atoms with Crippen molar-refractivity contribution in [3.63, 3.8) is 0 Å². The Morgan fingerprint density at radius 1 is 1.53 bits per heavy atom. The largest absolute Gasteiger partial charge is 0.305 e. The van der Waals surface area contributed by atoms with Crippen LogP contribution in [-0.4, -0.2) is 36.6 Å². The van der Waals surface area contributed by atoms with E-state index in [1.165, 1.54) is 32.2 Å². The van der Waals surface area contributed by atoms with Crippen LogP contribution in [0, 0.1) is 12.3 Å². The molecule has 1 rings (SSSR count). The summed E-state index contributed by atoms with van der Waals surface area (Å²) in [6.07, 6.45) is 10.6. The average Bonchev–Trinajstić information content (AvgIpc) is 3.03. The Morgan fingerprint density at radius 3 is 2.80 bits per heavy atom. The summed E-state index contributed by atoms with van der Waals surface area (Å²) in [7, 11) is 0. The second-order valence-electron chi connectivity index (χ2n) is 4.51. The highest BCUT2D eigenvalue weighted by molar-refractivity contribution is 4.90. The minimum Gasteiger partial charge on any atom is -0.305 e. The smallest absolute Gasteiger partial charge is 0.0574 e. The zero-order valence-corrected chi connectivity index (χ0v) is 10.1. The summed E-state index contributed by atoms with van der Waals surface area (Å²) in [5, 5.41) is 3.30. The molecule has 1 aliphatic rings. The Labute approximate surface area is 94.4 Å². The third-order valence-corrected chi connectivity index (χ3v) is 3.02. The molecule has 0 bridgehead atoms. The molecule has 1 aliphatic carbocycles. The topological polar surface area (TPSA) is 15.3 Å². The van der Waals surface area contributed by atoms with Crippen molar-refractivity contribution in [3.05, 3.63) is 0 Å². The summed E-state index contributed by atoms with van der Waals surface area (Å²) in [4.78, 5) is 2.65. The van der Waals surface area contributed by atoms with Crippen LogP contribution in [0.5, 0.6) is 0 Å². The van der Waals surface area contributed by atoms with Crippen LogP contribution in [0.4, 0.5) is 0 Å². The van der Waals surface area contributed by atoms with E-state index in [1.807, 2.05) is 0 Å². The van der Waals surface area contributed by atoms with Gasteiger partial charge in [-0.25, -0.2) is 0 Å². The minimum atomic E-state index is 0.623. The highest BCUT2D eigenvalue weighted by Gasteiger charge is 2.31. The van der Waals surface area contributed by atoms with Crippen LogP contribution in [0.25, 0.3) is 0 Å². The van der Waals surface area contributed by atoms with Gasteiger partial charge in [-0.05, 0) is 32.7 Å². The second-order valence-corrected chi connectivity index (χ2v) is 4.51. The molecule has 0 aromatic rings. The van der Waals surface area contributed by atoms with E-state index in [1.54, 1.807) is 0 Å². The van der Waals surface area contributed by atoms with Crippen molar-refractivity contribution < 1.29 is 0 Å². The molecule has 0 aromatic heterocycles. The summed E-state index contributed by atoms with van der Waals surface area (Å²) >= 11 is 0. The van der Waals surface area contributed by atoms with E-state index in [9.17, 15) is 0 Å². The van der Waals surface area contributed by atoms with Gasteiger partial charge >= 0.3 is 0 Å². The quantitative estimate of drug-likeness (QED) is 0.484. The summed E-state index contributed by atoms with van der Waals surface area (Å²) in [5.41, 5.74) is 0. The summed E-state index contributed by atoms with van der Waals surface area (Å²) < 4.78 is 0. The van der Waals surface area contributed by atoms with Crippen LogP contribution in [0.15, 0.2) is 0 Å². The lowest BCUT2D eigenvalue weighted by Gasteiger charge is -2.29. The Balaban J connectivity index is 2.24. The zero-order valence-electron chi connectivity index (χ0n) is 10.1. The predicted octanol–water partition coefficient (Wildman–Crippen LogP) is 1.86. The number of rotatable bonds is 8. The van der Waals surface area contributed by atoms with Gasteiger partial charge in [0.05, 0.1) is 6.54 Å². The lowest BCUT2D eigenvalue weighted by Crippen LogP contribution is -2.42. The summed E-state index contributed by atoms with van der Waals surface area (Å²) in [6.45, 7) is 7.52. The number of hydrogen-bond acceptors (Lipinski definition) is 2. The third kappa shape index (κ3) is 4.68. The first-order valence-corrected chi connectivity index (χ1v) is 6.19. The molecule has 86 valence electrons. The molecule has 2 heteroatoms. The van der Waals surface area contributed by atoms with Crippen molar-refractivity contribution in [2.24, 2.45) is 0 Å². The van der Waals surface area contributed by atoms with Crippen molar-refractivity contribution in [1.82, 2.24) is 10.2 Å². The minimum absolute atomic E-state index is 0.623. The van der Waals surface area contributed by atoms with Gasteiger partial charge in [0.25, 0.3) is 0 Å². The van der Waals surface area contributed by atoms with E-state index in [0.29, 0.717) is 12.6 Å². The van der Waals surface area contributed by atoms with Gasteiger partial charge in [-0.1, -0.05) is 19.3 Å². The Morgan fingerprint density at radius 2 is 2.27 bits per heavy atom. The van der Waals surface area contributed by atoms with E-state index in [-0.39, 0.29) is 0 Å². The average molecular weight is 208 g/mol. The number of hydrogen-bond donors (Lipinski definition) is 1. The highest BCUT2D eigenvalue weighted by atomic mass is 15.2. The molecule has 0 radical (unpaired) electrons. The van der Waals surface area contributed by atoms with Crippen molar-refractivity contribution in [1.29, 1.82) is 0 Å². The van der Waals surface area contributed by atoms with Crippen LogP contribution < -0.4 is 5.32 Å². The fourth-order valence-electron chi connectivity index (χ4n) is 1.98. The molecule has 15 heavy (non-hydrogen) atoms. The standard InChI is InChI=1S/C13H24N2/c1-4-6-10-15(13-7-8-13)12(3)11-14-9-5-2/h2,12-14H,4,6-11H2,1,3H3. The van der Waals surface area contributed by atoms with Gasteiger partial charge in [0.1, 0.15) is 0 Å². The Hall–Kier alpha value is -0.520. The van der Waals surface area contributed by atoms with Gasteiger partial charge < -0.3 is 5.32 Å². The first kappa shape index (κ1) is 12.5. The first-order chi connectivity index (χ1) is 7.29. The number of nitrogens with one attached hydrogen (secondary N) is 1. The maximum absolute atomic E-state index is 5.22. The molecule has 1 atom stereocenters. The maximum atomic E-state index is 5.22. The van der Waals surface area contributed by atoms with Gasteiger partial charge in [-0.15, -0.1) is 6.42 Å². The van der Waals surface area contributed by atoms with Crippen LogP contribution in [-0.2, 0) is 0 Å². The Kier molecular flexibility index (Phi) is 5.75. The number of unbranched alkanes of at least 4 members (excludes halogenated alkanes) is 1. The van der Waals surface area contributed by atoms with E-state index >= 15 is 0 Å². The molecular weight excluding hydrogens is 184 g/mol. The molecule has 0 aliphatic heterocycles. The molecular formula is C13H24N2. The highest BCUT2D eigenvalue weighted by Crippen LogP contribution is 2.28. The SMILES string of the molecule is C#CCNCC(C)N(CCCC)C1CC1. The van der Waals surface area contributed by atoms with Gasteiger partial charge in [-0.3, -0.25) is 4.90 Å². The van der Waals surface area contributed by atoms with E-state index in [2.05, 4.69) is 30.0 Å². The van der Waals surface area contributed by atoms with Crippen LogP contribution >= 0.6 is 0 Å². The van der Waals surface area contributed by atoms with E-state index in [4.69, 9.17) is 6.42 Å². The molecule has 1 unspecified atom stereocenters. The first-order valence-electron chi connectivity index (χ1n) is 6.19. The van der Waals surface area contributed by atoms with Crippen molar-refractivity contribution >= 4 is 0 Å². The molecule has 0 heterocycles. The van der Waals surface area contributed by atoms with Crippen LogP contribution in [0.3, 0.4) is 0 Å². The van der Waals surface area contributed by atoms with E-state index in [0.717, 1.165) is 12.6 Å². The molecule has 0 amide bonds. The molecule has 0 saturated heterocycles. The summed E-state index contributed by atoms with van der Waals surface area (Å²) in [6, 6.07) is 1.48. The zero-order chi connectivity index (χ0) is 11.1. The third-order valence-electron chi connectivity index (χ3n) is 3.02. The molecule has 1 N–H and O–H groups in total. The predicted molar refractivity (Wildman–Crippen MR) is 65.8 cm³/mol. The van der Waals surface area contributed by atoms with Crippen LogP contribution in [0.2, 0.25) is 0 Å². The Bertz CT molecular complexity index is 203. The number of nitrogens with zero attached hydrogens (tertiary/aromatic N) is 1. The molecule has 2 nitrogen and oxygen atoms in total. The van der Waals surface area contributed by atoms with Crippen molar-refractivity contribution in [2.45, 2.75) is 51.6 Å². The summed E-state index contributed by atoms with van der Waals surface area (Å²) in [5.74, 6) is 2.62.